The molecule has 0 radical (unpaired) electrons. The number of rotatable bonds is 5. The highest BCUT2D eigenvalue weighted by Crippen LogP contribution is 2.32. The van der Waals surface area contributed by atoms with Crippen LogP contribution in [0.15, 0.2) is 23.1 Å². The second kappa shape index (κ2) is 7.84. The van der Waals surface area contributed by atoms with Gasteiger partial charge in [-0.1, -0.05) is 0 Å². The summed E-state index contributed by atoms with van der Waals surface area (Å²) in [7, 11) is -0.755. The smallest absolute Gasteiger partial charge is 0.246 e. The van der Waals surface area contributed by atoms with Gasteiger partial charge in [-0.05, 0) is 45.7 Å². The first-order chi connectivity index (χ1) is 12.1. The van der Waals surface area contributed by atoms with Crippen molar-refractivity contribution in [1.29, 1.82) is 0 Å². The van der Waals surface area contributed by atoms with Crippen LogP contribution in [-0.4, -0.2) is 51.5 Å². The van der Waals surface area contributed by atoms with Gasteiger partial charge in [-0.25, -0.2) is 8.42 Å². The van der Waals surface area contributed by atoms with Gasteiger partial charge in [0.2, 0.25) is 15.9 Å². The van der Waals surface area contributed by atoms with E-state index in [0.717, 1.165) is 0 Å². The van der Waals surface area contributed by atoms with Crippen molar-refractivity contribution in [3.8, 4) is 11.5 Å². The Hall–Kier alpha value is -1.80. The number of hydrogen-bond donors (Lipinski definition) is 1. The molecule has 1 N–H and O–H groups in total. The van der Waals surface area contributed by atoms with Crippen molar-refractivity contribution in [3.05, 3.63) is 18.2 Å². The predicted octanol–water partition coefficient (Wildman–Crippen LogP) is 2.02. The van der Waals surface area contributed by atoms with Gasteiger partial charge in [0.05, 0.1) is 14.2 Å². The lowest BCUT2D eigenvalue weighted by molar-refractivity contribution is -0.127. The molecule has 1 aliphatic heterocycles. The number of sulfonamides is 1. The molecule has 1 aromatic carbocycles. The lowest BCUT2D eigenvalue weighted by Crippen LogP contribution is -2.47. The number of carbonyl (C=O) groups is 1. The van der Waals surface area contributed by atoms with E-state index in [1.54, 1.807) is 12.1 Å². The molecule has 1 amide bonds. The fraction of sp³-hybridized carbons (Fsp3) is 0.611. The summed E-state index contributed by atoms with van der Waals surface area (Å²) in [4.78, 5) is 12.4. The Morgan fingerprint density at radius 2 is 1.77 bits per heavy atom. The minimum absolute atomic E-state index is 0.0171. The summed E-state index contributed by atoms with van der Waals surface area (Å²) in [6, 6.07) is 4.64. The second-order valence-corrected chi connectivity index (χ2v) is 9.34. The third-order valence-corrected chi connectivity index (χ3v) is 6.25. The van der Waals surface area contributed by atoms with Gasteiger partial charge in [0.15, 0.2) is 0 Å². The largest absolute Gasteiger partial charge is 0.497 e. The first-order valence-electron chi connectivity index (χ1n) is 8.62. The molecule has 1 fully saturated rings. The molecule has 7 nitrogen and oxygen atoms in total. The molecule has 2 rings (SSSR count). The minimum Gasteiger partial charge on any atom is -0.497 e. The number of piperidine rings is 1. The molecular weight excluding hydrogens is 356 g/mol. The van der Waals surface area contributed by atoms with Gasteiger partial charge in [0.1, 0.15) is 16.4 Å². The highest BCUT2D eigenvalue weighted by molar-refractivity contribution is 7.89. The molecule has 8 heteroatoms. The summed E-state index contributed by atoms with van der Waals surface area (Å²) < 4.78 is 37.7. The maximum atomic E-state index is 13.0. The number of nitrogens with zero attached hydrogens (tertiary/aromatic N) is 1. The summed E-state index contributed by atoms with van der Waals surface area (Å²) in [5, 5.41) is 2.96. The third-order valence-electron chi connectivity index (χ3n) is 4.31. The number of amides is 1. The molecule has 0 saturated carbocycles. The molecule has 0 atom stereocenters. The van der Waals surface area contributed by atoms with E-state index in [4.69, 9.17) is 9.47 Å². The lowest BCUT2D eigenvalue weighted by atomic mass is 9.96. The predicted molar refractivity (Wildman–Crippen MR) is 98.9 cm³/mol. The Kier molecular flexibility index (Phi) is 6.18. The van der Waals surface area contributed by atoms with Crippen molar-refractivity contribution in [3.63, 3.8) is 0 Å². The number of carbonyl (C=O) groups excluding carboxylic acids is 1. The zero-order chi connectivity index (χ0) is 19.5. The number of methoxy groups -OCH3 is 2. The van der Waals surface area contributed by atoms with E-state index in [1.807, 2.05) is 20.8 Å². The Morgan fingerprint density at radius 3 is 2.27 bits per heavy atom. The van der Waals surface area contributed by atoms with Crippen molar-refractivity contribution in [1.82, 2.24) is 9.62 Å². The first-order valence-corrected chi connectivity index (χ1v) is 10.1. The van der Waals surface area contributed by atoms with Gasteiger partial charge in [-0.15, -0.1) is 0 Å². The van der Waals surface area contributed by atoms with E-state index in [0.29, 0.717) is 31.7 Å². The van der Waals surface area contributed by atoms with Crippen molar-refractivity contribution in [2.75, 3.05) is 27.3 Å². The van der Waals surface area contributed by atoms with Crippen LogP contribution in [-0.2, 0) is 14.8 Å². The van der Waals surface area contributed by atoms with Gasteiger partial charge >= 0.3 is 0 Å². The number of hydrogen-bond acceptors (Lipinski definition) is 5. The maximum Gasteiger partial charge on any atom is 0.246 e. The molecule has 0 bridgehead atoms. The molecule has 0 spiro atoms. The number of benzene rings is 1. The summed E-state index contributed by atoms with van der Waals surface area (Å²) in [5.74, 6) is 0.588. The summed E-state index contributed by atoms with van der Waals surface area (Å²) in [6.07, 6.45) is 0.999. The fourth-order valence-electron chi connectivity index (χ4n) is 2.96. The molecule has 146 valence electrons. The average Bonchev–Trinajstić information content (AvgIpc) is 2.59. The second-order valence-electron chi connectivity index (χ2n) is 7.43. The van der Waals surface area contributed by atoms with Crippen LogP contribution in [0.5, 0.6) is 11.5 Å². The van der Waals surface area contributed by atoms with Gasteiger partial charge in [-0.2, -0.15) is 4.31 Å². The van der Waals surface area contributed by atoms with Gasteiger partial charge in [-0.3, -0.25) is 4.79 Å². The van der Waals surface area contributed by atoms with E-state index in [1.165, 1.54) is 24.6 Å². The Morgan fingerprint density at radius 1 is 1.15 bits per heavy atom. The monoisotopic (exact) mass is 384 g/mol. The van der Waals surface area contributed by atoms with E-state index in [-0.39, 0.29) is 28.0 Å². The van der Waals surface area contributed by atoms with Crippen LogP contribution in [0.25, 0.3) is 0 Å². The van der Waals surface area contributed by atoms with Gasteiger partial charge in [0.25, 0.3) is 0 Å². The Bertz CT molecular complexity index is 747. The maximum absolute atomic E-state index is 13.0. The minimum atomic E-state index is -3.69. The number of ether oxygens (including phenoxy) is 2. The van der Waals surface area contributed by atoms with Gasteiger partial charge < -0.3 is 14.8 Å². The van der Waals surface area contributed by atoms with Crippen LogP contribution in [0.3, 0.4) is 0 Å². The van der Waals surface area contributed by atoms with Crippen LogP contribution < -0.4 is 14.8 Å². The first kappa shape index (κ1) is 20.5. The van der Waals surface area contributed by atoms with Crippen LogP contribution in [0.2, 0.25) is 0 Å². The summed E-state index contributed by atoms with van der Waals surface area (Å²) in [5.41, 5.74) is -0.295. The SMILES string of the molecule is COc1ccc(S(=O)(=O)N2CCC(C(=O)NC(C)(C)C)CC2)c(OC)c1. The highest BCUT2D eigenvalue weighted by Gasteiger charge is 2.34. The van der Waals surface area contributed by atoms with Crippen molar-refractivity contribution in [2.45, 2.75) is 44.0 Å². The molecular formula is C18H28N2O5S. The highest BCUT2D eigenvalue weighted by atomic mass is 32.2. The van der Waals surface area contributed by atoms with Crippen LogP contribution in [0.4, 0.5) is 0 Å². The zero-order valence-electron chi connectivity index (χ0n) is 16.0. The molecule has 0 unspecified atom stereocenters. The van der Waals surface area contributed by atoms with E-state index in [9.17, 15) is 13.2 Å². The van der Waals surface area contributed by atoms with Crippen LogP contribution >= 0.6 is 0 Å². The van der Waals surface area contributed by atoms with E-state index in [2.05, 4.69) is 5.32 Å². The van der Waals surface area contributed by atoms with Crippen molar-refractivity contribution >= 4 is 15.9 Å². The molecule has 1 aliphatic rings. The van der Waals surface area contributed by atoms with Crippen molar-refractivity contribution in [2.24, 2.45) is 5.92 Å². The molecule has 1 saturated heterocycles. The quantitative estimate of drug-likeness (QED) is 0.839. The molecule has 1 aromatic rings. The molecule has 1 heterocycles. The Balaban J connectivity index is 2.12. The molecule has 0 aliphatic carbocycles. The fourth-order valence-corrected chi connectivity index (χ4v) is 4.56. The number of nitrogens with one attached hydrogen (secondary N) is 1. The Labute approximate surface area is 155 Å². The third kappa shape index (κ3) is 4.67. The molecule has 26 heavy (non-hydrogen) atoms. The van der Waals surface area contributed by atoms with Crippen LogP contribution in [0.1, 0.15) is 33.6 Å². The average molecular weight is 384 g/mol. The topological polar surface area (TPSA) is 84.9 Å². The van der Waals surface area contributed by atoms with Crippen LogP contribution in [0, 0.1) is 5.92 Å². The van der Waals surface area contributed by atoms with Crippen molar-refractivity contribution < 1.29 is 22.7 Å². The normalized spacial score (nSPS) is 17.0. The zero-order valence-corrected chi connectivity index (χ0v) is 16.9. The van der Waals surface area contributed by atoms with E-state index >= 15 is 0 Å². The standard InChI is InChI=1S/C18H28N2O5S/c1-18(2,3)19-17(21)13-8-10-20(11-9-13)26(22,23)16-7-6-14(24-4)12-15(16)25-5/h6-7,12-13H,8-11H2,1-5H3,(H,19,21). The van der Waals surface area contributed by atoms with E-state index < -0.39 is 10.0 Å². The molecule has 0 aromatic heterocycles. The van der Waals surface area contributed by atoms with Gasteiger partial charge in [0, 0.05) is 30.6 Å². The summed E-state index contributed by atoms with van der Waals surface area (Å²) >= 11 is 0. The summed E-state index contributed by atoms with van der Waals surface area (Å²) in [6.45, 7) is 6.40. The lowest BCUT2D eigenvalue weighted by Gasteiger charge is -2.32.